The minimum atomic E-state index is 0.307. The molecule has 0 saturated heterocycles. The van der Waals surface area contributed by atoms with E-state index in [9.17, 15) is 4.79 Å². The molecule has 13 heavy (non-hydrogen) atoms. The Morgan fingerprint density at radius 1 is 1.31 bits per heavy atom. The Morgan fingerprint density at radius 2 is 1.92 bits per heavy atom. The molecular formula is C12H16O. The van der Waals surface area contributed by atoms with Crippen LogP contribution >= 0.6 is 0 Å². The van der Waals surface area contributed by atoms with Crippen LogP contribution in [0.1, 0.15) is 33.1 Å². The van der Waals surface area contributed by atoms with Gasteiger partial charge in [0, 0.05) is 6.42 Å². The SMILES string of the molecule is CCCCC(C)=O.c1cc2cc-2c1. The van der Waals surface area contributed by atoms with Gasteiger partial charge in [-0.3, -0.25) is 0 Å². The first-order valence-electron chi connectivity index (χ1n) is 4.84. The Kier molecular flexibility index (Phi) is 3.69. The molecule has 0 unspecified atom stereocenters. The molecule has 2 aliphatic rings. The van der Waals surface area contributed by atoms with Crippen LogP contribution in [0.15, 0.2) is 24.3 Å². The lowest BCUT2D eigenvalue weighted by Gasteiger charge is -1.86. The van der Waals surface area contributed by atoms with Gasteiger partial charge in [-0.05, 0) is 30.5 Å². The van der Waals surface area contributed by atoms with Gasteiger partial charge in [-0.2, -0.15) is 0 Å². The van der Waals surface area contributed by atoms with Crippen LogP contribution in [0.4, 0.5) is 0 Å². The maximum atomic E-state index is 10.2. The van der Waals surface area contributed by atoms with E-state index >= 15 is 0 Å². The molecule has 0 bridgehead atoms. The molecule has 0 fully saturated rings. The summed E-state index contributed by atoms with van der Waals surface area (Å²) in [6.45, 7) is 3.72. The van der Waals surface area contributed by atoms with Gasteiger partial charge in [0.25, 0.3) is 0 Å². The van der Waals surface area contributed by atoms with E-state index in [1.165, 1.54) is 11.1 Å². The lowest BCUT2D eigenvalue weighted by atomic mass is 10.2. The molecule has 0 N–H and O–H groups in total. The molecule has 1 heteroatoms. The van der Waals surface area contributed by atoms with E-state index in [-0.39, 0.29) is 0 Å². The minimum absolute atomic E-state index is 0.307. The van der Waals surface area contributed by atoms with E-state index in [4.69, 9.17) is 0 Å². The first-order valence-corrected chi connectivity index (χ1v) is 4.84. The Labute approximate surface area is 79.8 Å². The second kappa shape index (κ2) is 4.80. The molecule has 2 aliphatic carbocycles. The molecule has 0 aliphatic heterocycles. The predicted molar refractivity (Wildman–Crippen MR) is 55.6 cm³/mol. The molecule has 1 nitrogen and oxygen atoms in total. The first-order chi connectivity index (χ1) is 6.24. The van der Waals surface area contributed by atoms with E-state index in [0.29, 0.717) is 5.78 Å². The largest absolute Gasteiger partial charge is 0.300 e. The summed E-state index contributed by atoms with van der Waals surface area (Å²) in [5.74, 6) is 0.307. The topological polar surface area (TPSA) is 17.1 Å². The third-order valence-corrected chi connectivity index (χ3v) is 1.99. The highest BCUT2D eigenvalue weighted by atomic mass is 16.1. The molecule has 0 aromatic carbocycles. The highest BCUT2D eigenvalue weighted by Gasteiger charge is 2.06. The smallest absolute Gasteiger partial charge is 0.129 e. The number of rotatable bonds is 3. The Hall–Kier alpha value is -1.11. The Balaban J connectivity index is 0.000000130. The van der Waals surface area contributed by atoms with Gasteiger partial charge in [0.1, 0.15) is 5.78 Å². The molecule has 0 spiro atoms. The van der Waals surface area contributed by atoms with Crippen molar-refractivity contribution in [3.63, 3.8) is 0 Å². The van der Waals surface area contributed by atoms with Crippen LogP contribution in [0.2, 0.25) is 0 Å². The van der Waals surface area contributed by atoms with E-state index in [0.717, 1.165) is 19.3 Å². The van der Waals surface area contributed by atoms with Crippen LogP contribution in [-0.4, -0.2) is 5.78 Å². The molecule has 70 valence electrons. The molecular weight excluding hydrogens is 160 g/mol. The molecule has 0 saturated carbocycles. The number of fused-ring (bicyclic) bond motifs is 1. The number of carbonyl (C=O) groups is 1. The van der Waals surface area contributed by atoms with Crippen LogP contribution in [0.25, 0.3) is 11.1 Å². The second-order valence-corrected chi connectivity index (χ2v) is 3.39. The van der Waals surface area contributed by atoms with E-state index in [2.05, 4.69) is 31.2 Å². The zero-order chi connectivity index (χ0) is 9.68. The lowest BCUT2D eigenvalue weighted by Crippen LogP contribution is -1.86. The summed E-state index contributed by atoms with van der Waals surface area (Å²) in [4.78, 5) is 10.2. The molecule has 2 rings (SSSR count). The lowest BCUT2D eigenvalue weighted by molar-refractivity contribution is -0.117. The number of hydrogen-bond donors (Lipinski definition) is 0. The molecule has 0 atom stereocenters. The van der Waals surface area contributed by atoms with Crippen molar-refractivity contribution in [3.8, 4) is 11.1 Å². The van der Waals surface area contributed by atoms with E-state index < -0.39 is 0 Å². The van der Waals surface area contributed by atoms with Crippen molar-refractivity contribution in [1.82, 2.24) is 0 Å². The van der Waals surface area contributed by atoms with Crippen molar-refractivity contribution < 1.29 is 4.79 Å². The van der Waals surface area contributed by atoms with Crippen molar-refractivity contribution >= 4 is 5.78 Å². The summed E-state index contributed by atoms with van der Waals surface area (Å²) in [5.41, 5.74) is 2.85. The zero-order valence-corrected chi connectivity index (χ0v) is 8.34. The summed E-state index contributed by atoms with van der Waals surface area (Å²) in [6, 6.07) is 8.48. The zero-order valence-electron chi connectivity index (χ0n) is 8.34. The fourth-order valence-corrected chi connectivity index (χ4v) is 1.10. The summed E-state index contributed by atoms with van der Waals surface area (Å²) in [6.07, 6.45) is 2.94. The number of benzene rings is 1. The monoisotopic (exact) mass is 176 g/mol. The van der Waals surface area contributed by atoms with Gasteiger partial charge < -0.3 is 4.79 Å². The number of carbonyl (C=O) groups excluding carboxylic acids is 1. The summed E-state index contributed by atoms with van der Waals surface area (Å²) in [7, 11) is 0. The van der Waals surface area contributed by atoms with E-state index in [1.54, 1.807) is 6.92 Å². The van der Waals surface area contributed by atoms with Crippen LogP contribution in [0.3, 0.4) is 0 Å². The standard InChI is InChI=1S/C6H12O.C6H4/c1-3-4-5-6(2)7;1-2-5-4-6(5)3-1/h3-5H2,1-2H3;1-4H. The number of unbranched alkanes of at least 4 members (excludes halogenated alkanes) is 1. The summed E-state index contributed by atoms with van der Waals surface area (Å²) < 4.78 is 0. The Morgan fingerprint density at radius 3 is 2.08 bits per heavy atom. The van der Waals surface area contributed by atoms with Crippen molar-refractivity contribution in [3.05, 3.63) is 24.3 Å². The highest BCUT2D eigenvalue weighted by molar-refractivity contribution is 5.80. The third-order valence-electron chi connectivity index (χ3n) is 1.99. The normalized spacial score (nSPS) is 10.0. The maximum absolute atomic E-state index is 10.2. The molecule has 0 aromatic rings. The van der Waals surface area contributed by atoms with Crippen molar-refractivity contribution in [2.24, 2.45) is 0 Å². The molecule has 0 heterocycles. The van der Waals surface area contributed by atoms with Gasteiger partial charge in [-0.15, -0.1) is 0 Å². The fraction of sp³-hybridized carbons (Fsp3) is 0.417. The average molecular weight is 176 g/mol. The van der Waals surface area contributed by atoms with Crippen LogP contribution in [0, 0.1) is 0 Å². The summed E-state index contributed by atoms with van der Waals surface area (Å²) in [5, 5.41) is 0. The quantitative estimate of drug-likeness (QED) is 0.700. The average Bonchev–Trinajstić information content (AvgIpc) is 2.72. The Bertz CT molecular complexity index is 272. The van der Waals surface area contributed by atoms with Gasteiger partial charge in [0.15, 0.2) is 0 Å². The van der Waals surface area contributed by atoms with Gasteiger partial charge in [-0.1, -0.05) is 31.5 Å². The van der Waals surface area contributed by atoms with Gasteiger partial charge in [0.2, 0.25) is 0 Å². The second-order valence-electron chi connectivity index (χ2n) is 3.39. The molecule has 0 aromatic heterocycles. The van der Waals surface area contributed by atoms with Crippen LogP contribution in [-0.2, 0) is 4.79 Å². The van der Waals surface area contributed by atoms with Crippen LogP contribution in [0.5, 0.6) is 0 Å². The summed E-state index contributed by atoms with van der Waals surface area (Å²) >= 11 is 0. The van der Waals surface area contributed by atoms with Gasteiger partial charge in [0.05, 0.1) is 0 Å². The maximum Gasteiger partial charge on any atom is 0.129 e. The van der Waals surface area contributed by atoms with Gasteiger partial charge in [-0.25, -0.2) is 0 Å². The third kappa shape index (κ3) is 3.88. The number of ketones is 1. The minimum Gasteiger partial charge on any atom is -0.300 e. The highest BCUT2D eigenvalue weighted by Crippen LogP contribution is 2.32. The first kappa shape index (κ1) is 9.97. The van der Waals surface area contributed by atoms with Crippen molar-refractivity contribution in [2.75, 3.05) is 0 Å². The van der Waals surface area contributed by atoms with E-state index in [1.807, 2.05) is 0 Å². The van der Waals surface area contributed by atoms with Crippen molar-refractivity contribution in [2.45, 2.75) is 33.1 Å². The molecule has 0 radical (unpaired) electrons. The predicted octanol–water partition coefficient (Wildman–Crippen LogP) is 3.43. The molecule has 0 amide bonds. The fourth-order valence-electron chi connectivity index (χ4n) is 1.10. The number of hydrogen-bond acceptors (Lipinski definition) is 1. The van der Waals surface area contributed by atoms with Crippen LogP contribution < -0.4 is 0 Å². The number of Topliss-reactive ketones (excluding diaryl/α,β-unsaturated/α-hetero) is 1. The van der Waals surface area contributed by atoms with Gasteiger partial charge >= 0.3 is 0 Å². The van der Waals surface area contributed by atoms with Crippen molar-refractivity contribution in [1.29, 1.82) is 0 Å².